The Morgan fingerprint density at radius 1 is 1.62 bits per heavy atom. The van der Waals surface area contributed by atoms with Crippen LogP contribution in [0.5, 0.6) is 0 Å². The third kappa shape index (κ3) is 2.39. The van der Waals surface area contributed by atoms with Crippen LogP contribution in [0.25, 0.3) is 0 Å². The van der Waals surface area contributed by atoms with Gasteiger partial charge in [0, 0.05) is 0 Å². The van der Waals surface area contributed by atoms with Gasteiger partial charge >= 0.3 is 0 Å². The quantitative estimate of drug-likeness (QED) is 0.709. The molecular weight excluding hydrogens is 167 g/mol. The van der Waals surface area contributed by atoms with E-state index in [0.29, 0.717) is 12.0 Å². The number of halogens is 1. The molecule has 0 radical (unpaired) electrons. The van der Waals surface area contributed by atoms with Crippen molar-refractivity contribution in [3.8, 4) is 0 Å². The summed E-state index contributed by atoms with van der Waals surface area (Å²) in [6.07, 6.45) is 1.56. The van der Waals surface area contributed by atoms with Gasteiger partial charge in [-0.05, 0) is 30.5 Å². The zero-order valence-corrected chi connectivity index (χ0v) is 7.63. The Morgan fingerprint density at radius 2 is 2.31 bits per heavy atom. The predicted octanol–water partition coefficient (Wildman–Crippen LogP) is 2.74. The van der Waals surface area contributed by atoms with Crippen LogP contribution in [0.3, 0.4) is 0 Å². The zero-order chi connectivity index (χ0) is 9.84. The molecule has 0 amide bonds. The smallest absolute Gasteiger partial charge is 0.126 e. The van der Waals surface area contributed by atoms with E-state index in [1.54, 1.807) is 25.1 Å². The molecule has 0 saturated carbocycles. The molecule has 1 nitrogen and oxygen atoms in total. The van der Waals surface area contributed by atoms with Crippen molar-refractivity contribution in [3.05, 3.63) is 47.8 Å². The van der Waals surface area contributed by atoms with E-state index in [1.807, 2.05) is 0 Å². The molecule has 0 heterocycles. The van der Waals surface area contributed by atoms with Gasteiger partial charge in [-0.1, -0.05) is 18.2 Å². The number of rotatable bonds is 3. The summed E-state index contributed by atoms with van der Waals surface area (Å²) in [6.45, 7) is 5.21. The highest BCUT2D eigenvalue weighted by Gasteiger charge is 2.06. The molecule has 1 atom stereocenters. The van der Waals surface area contributed by atoms with Gasteiger partial charge < -0.3 is 5.11 Å². The summed E-state index contributed by atoms with van der Waals surface area (Å²) >= 11 is 0. The van der Waals surface area contributed by atoms with Crippen LogP contribution >= 0.6 is 0 Å². The number of aryl methyl sites for hydroxylation is 1. The minimum absolute atomic E-state index is 0.241. The molecule has 0 fully saturated rings. The van der Waals surface area contributed by atoms with Crippen LogP contribution in [0.15, 0.2) is 30.9 Å². The summed E-state index contributed by atoms with van der Waals surface area (Å²) in [5.41, 5.74) is 1.29. The number of benzene rings is 1. The van der Waals surface area contributed by atoms with Crippen LogP contribution in [-0.4, -0.2) is 5.11 Å². The highest BCUT2D eigenvalue weighted by molar-refractivity contribution is 5.25. The molecule has 2 heteroatoms. The maximum absolute atomic E-state index is 12.8. The van der Waals surface area contributed by atoms with E-state index in [2.05, 4.69) is 6.58 Å². The molecular formula is C11H13FO. The number of hydrogen-bond donors (Lipinski definition) is 1. The van der Waals surface area contributed by atoms with Crippen LogP contribution < -0.4 is 0 Å². The van der Waals surface area contributed by atoms with Crippen LogP contribution in [0.1, 0.15) is 23.7 Å². The number of aliphatic hydroxyl groups is 1. The second-order valence-electron chi connectivity index (χ2n) is 3.05. The van der Waals surface area contributed by atoms with E-state index in [0.717, 1.165) is 5.56 Å². The lowest BCUT2D eigenvalue weighted by Gasteiger charge is -2.09. The molecule has 0 aliphatic heterocycles. The molecule has 1 unspecified atom stereocenters. The Balaban J connectivity index is 2.89. The van der Waals surface area contributed by atoms with Crippen molar-refractivity contribution in [3.63, 3.8) is 0 Å². The van der Waals surface area contributed by atoms with Gasteiger partial charge in [0.2, 0.25) is 0 Å². The Labute approximate surface area is 77.5 Å². The van der Waals surface area contributed by atoms with Gasteiger partial charge in [-0.15, -0.1) is 6.58 Å². The SMILES string of the molecule is C=CCC(O)c1ccc(F)c(C)c1. The molecule has 0 aliphatic rings. The third-order valence-corrected chi connectivity index (χ3v) is 1.96. The van der Waals surface area contributed by atoms with Crippen molar-refractivity contribution >= 4 is 0 Å². The first kappa shape index (κ1) is 9.93. The molecule has 1 aromatic rings. The highest BCUT2D eigenvalue weighted by Crippen LogP contribution is 2.19. The summed E-state index contributed by atoms with van der Waals surface area (Å²) in [5, 5.41) is 9.54. The summed E-state index contributed by atoms with van der Waals surface area (Å²) < 4.78 is 12.8. The van der Waals surface area contributed by atoms with E-state index >= 15 is 0 Å². The van der Waals surface area contributed by atoms with Crippen molar-refractivity contribution in [2.24, 2.45) is 0 Å². The topological polar surface area (TPSA) is 20.2 Å². The van der Waals surface area contributed by atoms with Gasteiger partial charge in [0.15, 0.2) is 0 Å². The van der Waals surface area contributed by atoms with Crippen molar-refractivity contribution in [2.75, 3.05) is 0 Å². The molecule has 1 N–H and O–H groups in total. The van der Waals surface area contributed by atoms with Crippen molar-refractivity contribution in [1.82, 2.24) is 0 Å². The minimum atomic E-state index is -0.572. The molecule has 0 aliphatic carbocycles. The zero-order valence-electron chi connectivity index (χ0n) is 7.63. The van der Waals surface area contributed by atoms with Crippen molar-refractivity contribution in [2.45, 2.75) is 19.4 Å². The second-order valence-corrected chi connectivity index (χ2v) is 3.05. The standard InChI is InChI=1S/C11H13FO/c1-3-4-11(13)9-5-6-10(12)8(2)7-9/h3,5-7,11,13H,1,4H2,2H3. The lowest BCUT2D eigenvalue weighted by atomic mass is 10.0. The fourth-order valence-corrected chi connectivity index (χ4v) is 1.17. The van der Waals surface area contributed by atoms with Crippen molar-refractivity contribution < 1.29 is 9.50 Å². The molecule has 1 rings (SSSR count). The van der Waals surface area contributed by atoms with E-state index < -0.39 is 6.10 Å². The summed E-state index contributed by atoms with van der Waals surface area (Å²) in [4.78, 5) is 0. The second kappa shape index (κ2) is 4.19. The number of aliphatic hydroxyl groups excluding tert-OH is 1. The number of hydrogen-bond acceptors (Lipinski definition) is 1. The molecule has 0 saturated heterocycles. The van der Waals surface area contributed by atoms with Gasteiger partial charge in [-0.3, -0.25) is 0 Å². The first-order valence-electron chi connectivity index (χ1n) is 4.20. The monoisotopic (exact) mass is 180 g/mol. The van der Waals surface area contributed by atoms with Gasteiger partial charge in [-0.25, -0.2) is 4.39 Å². The van der Waals surface area contributed by atoms with Crippen LogP contribution in [0.4, 0.5) is 4.39 Å². The summed E-state index contributed by atoms with van der Waals surface area (Å²) in [6, 6.07) is 4.62. The minimum Gasteiger partial charge on any atom is -0.388 e. The molecule has 13 heavy (non-hydrogen) atoms. The van der Waals surface area contributed by atoms with Crippen LogP contribution in [0, 0.1) is 12.7 Å². The molecule has 0 bridgehead atoms. The molecule has 1 aromatic carbocycles. The normalized spacial score (nSPS) is 12.5. The average Bonchev–Trinajstić information content (AvgIpc) is 2.10. The molecule has 70 valence electrons. The van der Waals surface area contributed by atoms with Crippen LogP contribution in [-0.2, 0) is 0 Å². The highest BCUT2D eigenvalue weighted by atomic mass is 19.1. The average molecular weight is 180 g/mol. The van der Waals surface area contributed by atoms with E-state index in [1.165, 1.54) is 6.07 Å². The maximum Gasteiger partial charge on any atom is 0.126 e. The lowest BCUT2D eigenvalue weighted by molar-refractivity contribution is 0.181. The predicted molar refractivity (Wildman–Crippen MR) is 50.9 cm³/mol. The van der Waals surface area contributed by atoms with Gasteiger partial charge in [0.05, 0.1) is 6.10 Å². The van der Waals surface area contributed by atoms with Gasteiger partial charge in [-0.2, -0.15) is 0 Å². The summed E-state index contributed by atoms with van der Waals surface area (Å²) in [5.74, 6) is -0.241. The third-order valence-electron chi connectivity index (χ3n) is 1.96. The fraction of sp³-hybridized carbons (Fsp3) is 0.273. The first-order valence-corrected chi connectivity index (χ1v) is 4.20. The Kier molecular flexibility index (Phi) is 3.20. The van der Waals surface area contributed by atoms with E-state index in [-0.39, 0.29) is 5.82 Å². The van der Waals surface area contributed by atoms with Gasteiger partial charge in [0.1, 0.15) is 5.82 Å². The van der Waals surface area contributed by atoms with Crippen molar-refractivity contribution in [1.29, 1.82) is 0 Å². The Hall–Kier alpha value is -1.15. The fourth-order valence-electron chi connectivity index (χ4n) is 1.17. The van der Waals surface area contributed by atoms with E-state index in [4.69, 9.17) is 0 Å². The Bertz CT molecular complexity index is 307. The largest absolute Gasteiger partial charge is 0.388 e. The molecule has 0 spiro atoms. The first-order chi connectivity index (χ1) is 6.15. The molecule has 0 aromatic heterocycles. The lowest BCUT2D eigenvalue weighted by Crippen LogP contribution is -1.96. The van der Waals surface area contributed by atoms with E-state index in [9.17, 15) is 9.50 Å². The Morgan fingerprint density at radius 3 is 2.85 bits per heavy atom. The van der Waals surface area contributed by atoms with Gasteiger partial charge in [0.25, 0.3) is 0 Å². The summed E-state index contributed by atoms with van der Waals surface area (Å²) in [7, 11) is 0. The maximum atomic E-state index is 12.8. The van der Waals surface area contributed by atoms with Crippen LogP contribution in [0.2, 0.25) is 0 Å².